The van der Waals surface area contributed by atoms with Crippen molar-refractivity contribution in [2.45, 2.75) is 45.9 Å². The van der Waals surface area contributed by atoms with Crippen LogP contribution in [-0.2, 0) is 17.8 Å². The Morgan fingerprint density at radius 3 is 2.85 bits per heavy atom. The van der Waals surface area contributed by atoms with Crippen molar-refractivity contribution in [3.05, 3.63) is 51.3 Å². The summed E-state index contributed by atoms with van der Waals surface area (Å²) in [5.41, 5.74) is 12.2. The number of hydrogen-bond donors (Lipinski definition) is 1. The Morgan fingerprint density at radius 1 is 1.37 bits per heavy atom. The number of carbonyl (C=O) groups is 1. The lowest BCUT2D eigenvalue weighted by molar-refractivity contribution is 0.0542. The molecule has 27 heavy (non-hydrogen) atoms. The predicted molar refractivity (Wildman–Crippen MR) is 106 cm³/mol. The zero-order valence-corrected chi connectivity index (χ0v) is 16.5. The third-order valence-electron chi connectivity index (χ3n) is 5.49. The van der Waals surface area contributed by atoms with Crippen molar-refractivity contribution in [1.82, 2.24) is 9.88 Å². The Balaban J connectivity index is 1.81. The molecular formula is C21H24ClN3O2. The van der Waals surface area contributed by atoms with E-state index in [-0.39, 0.29) is 12.0 Å². The quantitative estimate of drug-likeness (QED) is 0.872. The lowest BCUT2D eigenvalue weighted by Crippen LogP contribution is -2.32. The molecule has 2 N–H and O–H groups in total. The van der Waals surface area contributed by atoms with E-state index in [9.17, 15) is 4.79 Å². The van der Waals surface area contributed by atoms with Crippen LogP contribution in [0.25, 0.3) is 11.1 Å². The molecule has 142 valence electrons. The van der Waals surface area contributed by atoms with Crippen LogP contribution in [0.1, 0.15) is 45.7 Å². The second-order valence-electron chi connectivity index (χ2n) is 7.39. The number of halogens is 1. The molecule has 4 rings (SSSR count). The summed E-state index contributed by atoms with van der Waals surface area (Å²) in [5, 5.41) is 0.669. The first kappa shape index (κ1) is 18.4. The molecule has 1 aromatic heterocycles. The van der Waals surface area contributed by atoms with E-state index in [0.717, 1.165) is 53.0 Å². The van der Waals surface area contributed by atoms with E-state index in [4.69, 9.17) is 22.1 Å². The van der Waals surface area contributed by atoms with Gasteiger partial charge in [-0.15, -0.1) is 0 Å². The third kappa shape index (κ3) is 3.24. The number of pyridine rings is 1. The molecule has 0 saturated carbocycles. The van der Waals surface area contributed by atoms with Gasteiger partial charge in [0.1, 0.15) is 5.69 Å². The Labute approximate surface area is 164 Å². The summed E-state index contributed by atoms with van der Waals surface area (Å²) in [5.74, 6) is -0.0309. The molecule has 1 aromatic carbocycles. The number of aryl methyl sites for hydroxylation is 2. The summed E-state index contributed by atoms with van der Waals surface area (Å²) < 4.78 is 5.72. The molecular weight excluding hydrogens is 362 g/mol. The zero-order valence-electron chi connectivity index (χ0n) is 15.7. The molecule has 0 aliphatic carbocycles. The average molecular weight is 386 g/mol. The molecule has 6 heteroatoms. The van der Waals surface area contributed by atoms with E-state index in [1.54, 1.807) is 0 Å². The number of rotatable bonds is 4. The smallest absolute Gasteiger partial charge is 0.273 e. The van der Waals surface area contributed by atoms with Crippen LogP contribution in [0, 0.1) is 13.8 Å². The number of hydrogen-bond acceptors (Lipinski definition) is 4. The fraction of sp³-hybridized carbons (Fsp3) is 0.429. The minimum absolute atomic E-state index is 0.0309. The highest BCUT2D eigenvalue weighted by atomic mass is 35.5. The lowest BCUT2D eigenvalue weighted by atomic mass is 9.92. The van der Waals surface area contributed by atoms with Gasteiger partial charge in [0.15, 0.2) is 0 Å². The van der Waals surface area contributed by atoms with Crippen LogP contribution in [0.2, 0.25) is 5.02 Å². The molecule has 1 amide bonds. The van der Waals surface area contributed by atoms with Crippen LogP contribution < -0.4 is 5.73 Å². The fourth-order valence-electron chi connectivity index (χ4n) is 4.11. The third-order valence-corrected chi connectivity index (χ3v) is 5.80. The van der Waals surface area contributed by atoms with Crippen molar-refractivity contribution in [3.8, 4) is 11.1 Å². The summed E-state index contributed by atoms with van der Waals surface area (Å²) >= 11 is 6.58. The number of amides is 1. The van der Waals surface area contributed by atoms with Gasteiger partial charge in [0, 0.05) is 48.1 Å². The maximum Gasteiger partial charge on any atom is 0.273 e. The highest BCUT2D eigenvalue weighted by Crippen LogP contribution is 2.39. The Hall–Kier alpha value is -1.95. The van der Waals surface area contributed by atoms with Gasteiger partial charge in [0.05, 0.1) is 6.10 Å². The van der Waals surface area contributed by atoms with Crippen molar-refractivity contribution in [1.29, 1.82) is 0 Å². The van der Waals surface area contributed by atoms with E-state index in [0.29, 0.717) is 30.4 Å². The molecule has 1 fully saturated rings. The van der Waals surface area contributed by atoms with Crippen LogP contribution in [0.15, 0.2) is 18.2 Å². The van der Waals surface area contributed by atoms with Crippen molar-refractivity contribution in [3.63, 3.8) is 0 Å². The predicted octanol–water partition coefficient (Wildman–Crippen LogP) is 3.61. The van der Waals surface area contributed by atoms with Gasteiger partial charge in [-0.2, -0.15) is 0 Å². The zero-order chi connectivity index (χ0) is 19.1. The molecule has 2 aliphatic heterocycles. The van der Waals surface area contributed by atoms with Gasteiger partial charge >= 0.3 is 0 Å². The number of benzene rings is 1. The van der Waals surface area contributed by atoms with Gasteiger partial charge in [0.2, 0.25) is 0 Å². The van der Waals surface area contributed by atoms with Crippen molar-refractivity contribution in [2.24, 2.45) is 5.73 Å². The first-order valence-electron chi connectivity index (χ1n) is 9.39. The minimum Gasteiger partial charge on any atom is -0.376 e. The Kier molecular flexibility index (Phi) is 4.93. The monoisotopic (exact) mass is 385 g/mol. The van der Waals surface area contributed by atoms with Gasteiger partial charge in [-0.1, -0.05) is 23.7 Å². The minimum atomic E-state index is -0.0309. The van der Waals surface area contributed by atoms with Crippen molar-refractivity contribution < 1.29 is 9.53 Å². The summed E-state index contributed by atoms with van der Waals surface area (Å²) in [6.07, 6.45) is 2.17. The highest BCUT2D eigenvalue weighted by molar-refractivity contribution is 6.33. The molecule has 2 aliphatic rings. The van der Waals surface area contributed by atoms with Crippen LogP contribution >= 0.6 is 11.6 Å². The Bertz CT molecular complexity index is 907. The molecule has 0 radical (unpaired) electrons. The number of aromatic nitrogens is 1. The van der Waals surface area contributed by atoms with Crippen LogP contribution in [-0.4, -0.2) is 35.0 Å². The average Bonchev–Trinajstić information content (AvgIpc) is 3.24. The van der Waals surface area contributed by atoms with Crippen LogP contribution in [0.4, 0.5) is 0 Å². The lowest BCUT2D eigenvalue weighted by Gasteiger charge is -2.20. The van der Waals surface area contributed by atoms with Gasteiger partial charge in [-0.3, -0.25) is 4.79 Å². The van der Waals surface area contributed by atoms with E-state index in [1.165, 1.54) is 0 Å². The SMILES string of the molecule is Cc1ccc(-c2c(CN)c(C)nc3c2CN(C[C@@H]2CCCO2)C3=O)c(Cl)c1. The van der Waals surface area contributed by atoms with Gasteiger partial charge < -0.3 is 15.4 Å². The van der Waals surface area contributed by atoms with Gasteiger partial charge in [0.25, 0.3) is 5.91 Å². The van der Waals surface area contributed by atoms with E-state index in [2.05, 4.69) is 4.98 Å². The molecule has 0 unspecified atom stereocenters. The molecule has 1 saturated heterocycles. The molecule has 5 nitrogen and oxygen atoms in total. The number of nitrogens with two attached hydrogens (primary N) is 1. The maximum absolute atomic E-state index is 13.0. The summed E-state index contributed by atoms with van der Waals surface area (Å²) in [4.78, 5) is 19.5. The van der Waals surface area contributed by atoms with E-state index >= 15 is 0 Å². The molecule has 1 atom stereocenters. The summed E-state index contributed by atoms with van der Waals surface area (Å²) in [6.45, 7) is 6.17. The highest BCUT2D eigenvalue weighted by Gasteiger charge is 2.35. The van der Waals surface area contributed by atoms with Gasteiger partial charge in [-0.05, 0) is 49.4 Å². The Morgan fingerprint density at radius 2 is 2.19 bits per heavy atom. The van der Waals surface area contributed by atoms with Gasteiger partial charge in [-0.25, -0.2) is 4.98 Å². The number of nitrogens with zero attached hydrogens (tertiary/aromatic N) is 2. The van der Waals surface area contributed by atoms with Crippen LogP contribution in [0.5, 0.6) is 0 Å². The molecule has 3 heterocycles. The number of carbonyl (C=O) groups excluding carboxylic acids is 1. The fourth-order valence-corrected chi connectivity index (χ4v) is 4.44. The normalized spacial score (nSPS) is 19.0. The molecule has 2 aromatic rings. The number of ether oxygens (including phenoxy) is 1. The van der Waals surface area contributed by atoms with E-state index < -0.39 is 0 Å². The molecule has 0 bridgehead atoms. The van der Waals surface area contributed by atoms with Crippen LogP contribution in [0.3, 0.4) is 0 Å². The topological polar surface area (TPSA) is 68.4 Å². The first-order chi connectivity index (χ1) is 13.0. The second-order valence-corrected chi connectivity index (χ2v) is 7.79. The van der Waals surface area contributed by atoms with E-state index in [1.807, 2.05) is 36.9 Å². The standard InChI is InChI=1S/C21H24ClN3O2/c1-12-5-6-15(18(22)8-12)19-16(9-23)13(2)24-20-17(19)11-25(21(20)26)10-14-4-3-7-27-14/h5-6,8,14H,3-4,7,9-11,23H2,1-2H3/t14-/m0/s1. The number of fused-ring (bicyclic) bond motifs is 1. The largest absolute Gasteiger partial charge is 0.376 e. The maximum atomic E-state index is 13.0. The van der Waals surface area contributed by atoms with Crippen molar-refractivity contribution >= 4 is 17.5 Å². The summed E-state index contributed by atoms with van der Waals surface area (Å²) in [6, 6.07) is 5.99. The first-order valence-corrected chi connectivity index (χ1v) is 9.77. The van der Waals surface area contributed by atoms with Crippen molar-refractivity contribution in [2.75, 3.05) is 13.2 Å². The summed E-state index contributed by atoms with van der Waals surface area (Å²) in [7, 11) is 0. The molecule has 0 spiro atoms. The second kappa shape index (κ2) is 7.23.